The smallest absolute Gasteiger partial charge is 0.311 e. The minimum absolute atomic E-state index is 0.381. The van der Waals surface area contributed by atoms with Crippen LogP contribution in [0, 0.1) is 0 Å². The minimum Gasteiger partial charge on any atom is -0.481 e. The topological polar surface area (TPSA) is 70.5 Å². The highest BCUT2D eigenvalue weighted by atomic mass is 16.4. The normalized spacial score (nSPS) is 14.0. The molecule has 0 spiro atoms. The maximum atomic E-state index is 11.9. The summed E-state index contributed by atoms with van der Waals surface area (Å²) in [5.74, 6) is -0.545. The molecule has 5 nitrogen and oxygen atoms in total. The number of aromatic nitrogens is 1. The second kappa shape index (κ2) is 6.60. The molecule has 0 radical (unpaired) electrons. The van der Waals surface area contributed by atoms with E-state index in [1.54, 1.807) is 24.4 Å². The van der Waals surface area contributed by atoms with Crippen LogP contribution in [-0.4, -0.2) is 34.9 Å². The summed E-state index contributed by atoms with van der Waals surface area (Å²) in [4.78, 5) is 29.3. The summed E-state index contributed by atoms with van der Waals surface area (Å²) >= 11 is 0. The number of nitrogens with zero attached hydrogens (tertiary/aromatic N) is 2. The number of Topliss-reactive ketones (excluding diaryl/α,β-unsaturated/α-hetero) is 1. The van der Waals surface area contributed by atoms with Gasteiger partial charge in [0.05, 0.1) is 0 Å². The average Bonchev–Trinajstić information content (AvgIpc) is 3.09. The lowest BCUT2D eigenvalue weighted by Gasteiger charge is -2.17. The lowest BCUT2D eigenvalue weighted by atomic mass is 10.0. The standard InChI is InChI=1S/C18H18N2O3/c21-16(12-18(22)23)15-5-3-4-13(10-15)14-6-7-19-17(11-14)20-8-1-2-9-20/h3-7,10-11H,1-2,8-9,12H2,(H,22,23). The number of carbonyl (C=O) groups is 2. The van der Waals surface area contributed by atoms with E-state index in [0.29, 0.717) is 5.56 Å². The fourth-order valence-electron chi connectivity index (χ4n) is 2.83. The van der Waals surface area contributed by atoms with Gasteiger partial charge >= 0.3 is 5.97 Å². The van der Waals surface area contributed by atoms with Crippen LogP contribution in [0.3, 0.4) is 0 Å². The summed E-state index contributed by atoms with van der Waals surface area (Å²) in [5.41, 5.74) is 2.29. The van der Waals surface area contributed by atoms with Crippen molar-refractivity contribution in [1.82, 2.24) is 4.98 Å². The quantitative estimate of drug-likeness (QED) is 0.679. The summed E-state index contributed by atoms with van der Waals surface area (Å²) < 4.78 is 0. The lowest BCUT2D eigenvalue weighted by Crippen LogP contribution is -2.18. The zero-order chi connectivity index (χ0) is 16.2. The molecule has 0 aliphatic carbocycles. The van der Waals surface area contributed by atoms with Gasteiger partial charge in [0.1, 0.15) is 12.2 Å². The van der Waals surface area contributed by atoms with Crippen molar-refractivity contribution in [2.75, 3.05) is 18.0 Å². The Balaban J connectivity index is 1.88. The first kappa shape index (κ1) is 15.2. The molecular formula is C18H18N2O3. The Labute approximate surface area is 134 Å². The molecule has 118 valence electrons. The summed E-state index contributed by atoms with van der Waals surface area (Å²) in [5, 5.41) is 8.75. The van der Waals surface area contributed by atoms with E-state index in [-0.39, 0.29) is 5.78 Å². The Morgan fingerprint density at radius 3 is 2.57 bits per heavy atom. The molecule has 0 amide bonds. The maximum Gasteiger partial charge on any atom is 0.311 e. The summed E-state index contributed by atoms with van der Waals surface area (Å²) in [6.45, 7) is 2.04. The monoisotopic (exact) mass is 310 g/mol. The predicted molar refractivity (Wildman–Crippen MR) is 87.7 cm³/mol. The lowest BCUT2D eigenvalue weighted by molar-refractivity contribution is -0.135. The molecular weight excluding hydrogens is 292 g/mol. The fourth-order valence-corrected chi connectivity index (χ4v) is 2.83. The van der Waals surface area contributed by atoms with Crippen molar-refractivity contribution in [3.05, 3.63) is 48.2 Å². The zero-order valence-electron chi connectivity index (χ0n) is 12.7. The van der Waals surface area contributed by atoms with E-state index >= 15 is 0 Å². The highest BCUT2D eigenvalue weighted by molar-refractivity contribution is 6.06. The largest absolute Gasteiger partial charge is 0.481 e. The van der Waals surface area contributed by atoms with Crippen LogP contribution >= 0.6 is 0 Å². The first-order valence-corrected chi connectivity index (χ1v) is 7.70. The van der Waals surface area contributed by atoms with Crippen molar-refractivity contribution in [2.24, 2.45) is 0 Å². The third-order valence-corrected chi connectivity index (χ3v) is 4.01. The van der Waals surface area contributed by atoms with Crippen molar-refractivity contribution in [2.45, 2.75) is 19.3 Å². The number of ketones is 1. The Morgan fingerprint density at radius 1 is 1.09 bits per heavy atom. The number of carboxylic acid groups (broad SMARTS) is 1. The van der Waals surface area contributed by atoms with Gasteiger partial charge in [0.25, 0.3) is 0 Å². The molecule has 1 N–H and O–H groups in total. The van der Waals surface area contributed by atoms with Crippen LogP contribution in [0.4, 0.5) is 5.82 Å². The van der Waals surface area contributed by atoms with E-state index in [0.717, 1.165) is 30.0 Å². The second-order valence-corrected chi connectivity index (χ2v) is 5.67. The highest BCUT2D eigenvalue weighted by Gasteiger charge is 2.15. The van der Waals surface area contributed by atoms with E-state index in [1.165, 1.54) is 12.8 Å². The van der Waals surface area contributed by atoms with Crippen LogP contribution in [-0.2, 0) is 4.79 Å². The Hall–Kier alpha value is -2.69. The molecule has 0 unspecified atom stereocenters. The number of benzene rings is 1. The minimum atomic E-state index is -1.11. The van der Waals surface area contributed by atoms with Crippen molar-refractivity contribution in [1.29, 1.82) is 0 Å². The summed E-state index contributed by atoms with van der Waals surface area (Å²) in [6.07, 6.45) is 3.66. The molecule has 1 aromatic carbocycles. The Kier molecular flexibility index (Phi) is 4.37. The van der Waals surface area contributed by atoms with Crippen molar-refractivity contribution in [3.8, 4) is 11.1 Å². The van der Waals surface area contributed by atoms with Gasteiger partial charge in [-0.05, 0) is 42.2 Å². The SMILES string of the molecule is O=C(O)CC(=O)c1cccc(-c2ccnc(N3CCCC3)c2)c1. The van der Waals surface area contributed by atoms with E-state index < -0.39 is 12.4 Å². The van der Waals surface area contributed by atoms with Gasteiger partial charge in [-0.3, -0.25) is 9.59 Å². The molecule has 0 bridgehead atoms. The van der Waals surface area contributed by atoms with Crippen LogP contribution in [0.5, 0.6) is 0 Å². The Bertz CT molecular complexity index is 737. The van der Waals surface area contributed by atoms with Gasteiger partial charge in [0.15, 0.2) is 5.78 Å². The second-order valence-electron chi connectivity index (χ2n) is 5.67. The average molecular weight is 310 g/mol. The number of pyridine rings is 1. The number of hydrogen-bond acceptors (Lipinski definition) is 4. The molecule has 2 aromatic rings. The number of anilines is 1. The number of carboxylic acids is 1. The number of aliphatic carboxylic acids is 1. The molecule has 0 saturated carbocycles. The highest BCUT2D eigenvalue weighted by Crippen LogP contribution is 2.26. The van der Waals surface area contributed by atoms with Gasteiger partial charge < -0.3 is 10.0 Å². The first-order chi connectivity index (χ1) is 11.1. The third kappa shape index (κ3) is 3.56. The van der Waals surface area contributed by atoms with E-state index in [9.17, 15) is 9.59 Å². The molecule has 1 aliphatic rings. The molecule has 1 fully saturated rings. The molecule has 3 rings (SSSR count). The predicted octanol–water partition coefficient (Wildman–Crippen LogP) is 3.01. The van der Waals surface area contributed by atoms with Crippen molar-refractivity contribution in [3.63, 3.8) is 0 Å². The fraction of sp³-hybridized carbons (Fsp3) is 0.278. The molecule has 1 aliphatic heterocycles. The number of carbonyl (C=O) groups excluding carboxylic acids is 1. The zero-order valence-corrected chi connectivity index (χ0v) is 12.7. The van der Waals surface area contributed by atoms with Gasteiger partial charge in [0.2, 0.25) is 0 Å². The summed E-state index contributed by atoms with van der Waals surface area (Å²) in [7, 11) is 0. The summed E-state index contributed by atoms with van der Waals surface area (Å²) in [6, 6.07) is 11.0. The van der Waals surface area contributed by atoms with E-state index in [1.807, 2.05) is 18.2 Å². The maximum absolute atomic E-state index is 11.9. The molecule has 1 aromatic heterocycles. The molecule has 5 heteroatoms. The van der Waals surface area contributed by atoms with Gasteiger partial charge in [-0.1, -0.05) is 18.2 Å². The van der Waals surface area contributed by atoms with Crippen LogP contribution in [0.25, 0.3) is 11.1 Å². The van der Waals surface area contributed by atoms with Gasteiger partial charge in [0, 0.05) is 24.8 Å². The third-order valence-electron chi connectivity index (χ3n) is 4.01. The van der Waals surface area contributed by atoms with Crippen LogP contribution in [0.2, 0.25) is 0 Å². The molecule has 23 heavy (non-hydrogen) atoms. The van der Waals surface area contributed by atoms with Crippen molar-refractivity contribution >= 4 is 17.6 Å². The van der Waals surface area contributed by atoms with Gasteiger partial charge in [-0.15, -0.1) is 0 Å². The van der Waals surface area contributed by atoms with E-state index in [4.69, 9.17) is 5.11 Å². The van der Waals surface area contributed by atoms with Gasteiger partial charge in [-0.2, -0.15) is 0 Å². The van der Waals surface area contributed by atoms with Crippen LogP contribution in [0.1, 0.15) is 29.6 Å². The number of hydrogen-bond donors (Lipinski definition) is 1. The molecule has 1 saturated heterocycles. The van der Waals surface area contributed by atoms with Gasteiger partial charge in [-0.25, -0.2) is 4.98 Å². The number of rotatable bonds is 5. The first-order valence-electron chi connectivity index (χ1n) is 7.70. The van der Waals surface area contributed by atoms with E-state index in [2.05, 4.69) is 9.88 Å². The Morgan fingerprint density at radius 2 is 1.83 bits per heavy atom. The molecule has 0 atom stereocenters. The van der Waals surface area contributed by atoms with Crippen molar-refractivity contribution < 1.29 is 14.7 Å². The molecule has 2 heterocycles. The van der Waals surface area contributed by atoms with Crippen LogP contribution in [0.15, 0.2) is 42.6 Å². The van der Waals surface area contributed by atoms with Crippen LogP contribution < -0.4 is 4.90 Å².